The number of pyridine rings is 1. The van der Waals surface area contributed by atoms with Gasteiger partial charge in [-0.3, -0.25) is 4.79 Å². The van der Waals surface area contributed by atoms with Gasteiger partial charge in [-0.1, -0.05) is 19.9 Å². The number of fused-ring (bicyclic) bond motifs is 4. The number of rotatable bonds is 2. The van der Waals surface area contributed by atoms with Gasteiger partial charge >= 0.3 is 0 Å². The molecule has 1 atom stereocenters. The number of nitrogens with one attached hydrogen (secondary N) is 4. The molecule has 4 N–H and O–H groups in total. The summed E-state index contributed by atoms with van der Waals surface area (Å²) >= 11 is 0. The Morgan fingerprint density at radius 2 is 2.03 bits per heavy atom. The van der Waals surface area contributed by atoms with Gasteiger partial charge in [-0.15, -0.1) is 0 Å². The Morgan fingerprint density at radius 1 is 1.17 bits per heavy atom. The number of benzene rings is 1. The van der Waals surface area contributed by atoms with Gasteiger partial charge in [-0.25, -0.2) is 14.4 Å². The van der Waals surface area contributed by atoms with E-state index >= 15 is 0 Å². The van der Waals surface area contributed by atoms with Gasteiger partial charge in [-0.2, -0.15) is 4.98 Å². The lowest BCUT2D eigenvalue weighted by Gasteiger charge is -2.28. The molecule has 2 aliphatic heterocycles. The molecule has 0 saturated heterocycles. The van der Waals surface area contributed by atoms with E-state index in [9.17, 15) is 9.18 Å². The molecule has 9 nitrogen and oxygen atoms in total. The highest BCUT2D eigenvalue weighted by molar-refractivity contribution is 5.99. The van der Waals surface area contributed by atoms with Crippen LogP contribution in [0.5, 0.6) is 0 Å². The number of hydrogen-bond donors (Lipinski definition) is 4. The molecule has 2 bridgehead atoms. The highest BCUT2D eigenvalue weighted by Crippen LogP contribution is 2.29. The monoisotopic (exact) mass is 477 g/mol. The van der Waals surface area contributed by atoms with Crippen molar-refractivity contribution in [2.45, 2.75) is 45.4 Å². The first kappa shape index (κ1) is 23.1. The van der Waals surface area contributed by atoms with Crippen LogP contribution in [0.2, 0.25) is 0 Å². The summed E-state index contributed by atoms with van der Waals surface area (Å²) in [5, 5.41) is 12.5. The summed E-state index contributed by atoms with van der Waals surface area (Å²) in [5.74, 6) is 0.109. The molecule has 10 heteroatoms. The second kappa shape index (κ2) is 9.20. The number of amides is 1. The molecule has 0 aliphatic carbocycles. The Morgan fingerprint density at radius 3 is 2.89 bits per heavy atom. The van der Waals surface area contributed by atoms with Gasteiger partial charge in [0, 0.05) is 23.8 Å². The normalized spacial score (nSPS) is 19.2. The Bertz CT molecular complexity index is 1280. The van der Waals surface area contributed by atoms with Gasteiger partial charge in [0.15, 0.2) is 0 Å². The Hall–Kier alpha value is -3.63. The van der Waals surface area contributed by atoms with Crippen molar-refractivity contribution in [3.63, 3.8) is 0 Å². The smallest absolute Gasteiger partial charge is 0.258 e. The number of ether oxygens (including phenoxy) is 1. The van der Waals surface area contributed by atoms with E-state index in [1.165, 1.54) is 29.5 Å². The molecule has 0 spiro atoms. The van der Waals surface area contributed by atoms with E-state index < -0.39 is 23.4 Å². The van der Waals surface area contributed by atoms with Crippen LogP contribution in [0.25, 0.3) is 0 Å². The maximum Gasteiger partial charge on any atom is 0.258 e. The molecule has 182 valence electrons. The average Bonchev–Trinajstić information content (AvgIpc) is 2.83. The molecular formula is C25H28FN7O2. The molecule has 3 aromatic rings. The molecule has 2 aliphatic rings. The predicted molar refractivity (Wildman–Crippen MR) is 131 cm³/mol. The summed E-state index contributed by atoms with van der Waals surface area (Å²) in [5.41, 5.74) is 3.17. The molecule has 1 unspecified atom stereocenters. The van der Waals surface area contributed by atoms with Crippen LogP contribution in [0.3, 0.4) is 0 Å². The fourth-order valence-electron chi connectivity index (χ4n) is 4.20. The van der Waals surface area contributed by atoms with Crippen molar-refractivity contribution in [3.05, 3.63) is 64.7 Å². The highest BCUT2D eigenvalue weighted by Gasteiger charge is 2.29. The van der Waals surface area contributed by atoms with Crippen molar-refractivity contribution < 1.29 is 13.9 Å². The minimum absolute atomic E-state index is 0.172. The number of anilines is 4. The van der Waals surface area contributed by atoms with Gasteiger partial charge in [0.2, 0.25) is 5.95 Å². The Balaban J connectivity index is 1.51. The number of nitrogens with zero attached hydrogens (tertiary/aromatic N) is 3. The summed E-state index contributed by atoms with van der Waals surface area (Å²) in [4.78, 5) is 26.4. The van der Waals surface area contributed by atoms with Crippen LogP contribution in [-0.4, -0.2) is 40.2 Å². The summed E-state index contributed by atoms with van der Waals surface area (Å²) in [6, 6.07) is 9.01. The fraction of sp³-hybridized carbons (Fsp3) is 0.360. The van der Waals surface area contributed by atoms with Gasteiger partial charge in [0.05, 0.1) is 12.3 Å². The maximum absolute atomic E-state index is 14.7. The SMILES string of the molecule is CC1NC(=O)c2cnc(Nc3ccc4c(c3)CCNC4)nc2Nc2ccc(F)c(n2)C(C)(C)CO1. The second-order valence-corrected chi connectivity index (χ2v) is 9.45. The van der Waals surface area contributed by atoms with Crippen LogP contribution in [0, 0.1) is 5.82 Å². The zero-order valence-electron chi connectivity index (χ0n) is 19.9. The molecular weight excluding hydrogens is 449 g/mol. The second-order valence-electron chi connectivity index (χ2n) is 9.45. The standard InChI is InChI=1S/C25H28FN7O2/c1-14-29-23(34)18-12-28-24(30-17-5-4-16-11-27-9-8-15(16)10-17)33-22(18)32-20-7-6-19(26)21(31-20)25(2,3)13-35-14/h4-7,10,12,14,27H,8-9,11,13H2,1-3H3,(H,29,34)(H2,28,30,31,32,33). The molecule has 4 heterocycles. The van der Waals surface area contributed by atoms with Crippen LogP contribution in [0.15, 0.2) is 36.5 Å². The van der Waals surface area contributed by atoms with Crippen molar-refractivity contribution in [1.82, 2.24) is 25.6 Å². The maximum atomic E-state index is 14.7. The van der Waals surface area contributed by atoms with Crippen LogP contribution in [0.4, 0.5) is 27.7 Å². The zero-order valence-corrected chi connectivity index (χ0v) is 19.9. The van der Waals surface area contributed by atoms with Crippen LogP contribution in [0.1, 0.15) is 48.0 Å². The van der Waals surface area contributed by atoms with E-state index in [-0.39, 0.29) is 23.7 Å². The molecule has 0 fully saturated rings. The first-order valence-corrected chi connectivity index (χ1v) is 11.6. The summed E-state index contributed by atoms with van der Waals surface area (Å²) in [6.07, 6.45) is 1.79. The minimum atomic E-state index is -0.719. The number of aromatic nitrogens is 3. The van der Waals surface area contributed by atoms with E-state index in [4.69, 9.17) is 4.74 Å². The Labute approximate surface area is 202 Å². The van der Waals surface area contributed by atoms with Crippen LogP contribution < -0.4 is 21.3 Å². The molecule has 1 amide bonds. The highest BCUT2D eigenvalue weighted by atomic mass is 19.1. The van der Waals surface area contributed by atoms with Crippen molar-refractivity contribution in [2.75, 3.05) is 23.8 Å². The third-order valence-electron chi connectivity index (χ3n) is 6.14. The van der Waals surface area contributed by atoms with Crippen molar-refractivity contribution in [2.24, 2.45) is 0 Å². The lowest BCUT2D eigenvalue weighted by atomic mass is 9.89. The Kier molecular flexibility index (Phi) is 6.08. The van der Waals surface area contributed by atoms with Crippen LogP contribution in [-0.2, 0) is 23.1 Å². The van der Waals surface area contributed by atoms with E-state index in [1.54, 1.807) is 6.92 Å². The molecule has 2 aromatic heterocycles. The largest absolute Gasteiger partial charge is 0.358 e. The van der Waals surface area contributed by atoms with Gasteiger partial charge < -0.3 is 26.0 Å². The van der Waals surface area contributed by atoms with Gasteiger partial charge in [0.25, 0.3) is 5.91 Å². The summed E-state index contributed by atoms with van der Waals surface area (Å²) < 4.78 is 20.5. The molecule has 1 aromatic carbocycles. The van der Waals surface area contributed by atoms with Crippen molar-refractivity contribution in [1.29, 1.82) is 0 Å². The predicted octanol–water partition coefficient (Wildman–Crippen LogP) is 3.53. The van der Waals surface area contributed by atoms with E-state index in [0.29, 0.717) is 11.8 Å². The minimum Gasteiger partial charge on any atom is -0.358 e. The quantitative estimate of drug-likeness (QED) is 0.444. The molecule has 35 heavy (non-hydrogen) atoms. The van der Waals surface area contributed by atoms with E-state index in [1.807, 2.05) is 19.9 Å². The lowest BCUT2D eigenvalue weighted by Crippen LogP contribution is -2.39. The lowest BCUT2D eigenvalue weighted by molar-refractivity contribution is 0.0153. The average molecular weight is 478 g/mol. The van der Waals surface area contributed by atoms with Crippen LogP contribution >= 0.6 is 0 Å². The first-order chi connectivity index (χ1) is 16.8. The fourth-order valence-corrected chi connectivity index (χ4v) is 4.20. The third kappa shape index (κ3) is 4.94. The van der Waals surface area contributed by atoms with Crippen molar-refractivity contribution in [3.8, 4) is 0 Å². The summed E-state index contributed by atoms with van der Waals surface area (Å²) in [6.45, 7) is 7.37. The van der Waals surface area contributed by atoms with E-state index in [2.05, 4.69) is 48.4 Å². The zero-order chi connectivity index (χ0) is 24.6. The van der Waals surface area contributed by atoms with Crippen molar-refractivity contribution >= 4 is 29.2 Å². The van der Waals surface area contributed by atoms with Gasteiger partial charge in [0.1, 0.15) is 29.2 Å². The molecule has 5 rings (SSSR count). The first-order valence-electron chi connectivity index (χ1n) is 11.6. The molecule has 0 radical (unpaired) electrons. The number of hydrogen-bond acceptors (Lipinski definition) is 8. The number of carbonyl (C=O) groups is 1. The van der Waals surface area contributed by atoms with E-state index in [0.717, 1.165) is 25.2 Å². The third-order valence-corrected chi connectivity index (χ3v) is 6.14. The van der Waals surface area contributed by atoms with Gasteiger partial charge in [-0.05, 0) is 55.3 Å². The number of carbonyl (C=O) groups excluding carboxylic acids is 1. The topological polar surface area (TPSA) is 113 Å². The summed E-state index contributed by atoms with van der Waals surface area (Å²) in [7, 11) is 0. The number of halogens is 1. The molecule has 0 saturated carbocycles.